The molecule has 0 fully saturated rings. The first kappa shape index (κ1) is 31.2. The quantitative estimate of drug-likeness (QED) is 0.318. The fraction of sp³-hybridized carbons (Fsp3) is 0.355. The van der Waals surface area contributed by atoms with Gasteiger partial charge in [0.15, 0.2) is 0 Å². The second kappa shape index (κ2) is 13.3. The number of para-hydroxylation sites is 1. The van der Waals surface area contributed by atoms with Crippen LogP contribution in [0.3, 0.4) is 0 Å². The maximum Gasteiger partial charge on any atom is 0.264 e. The number of carbonyl (C=O) groups is 2. The molecule has 1 N–H and O–H groups in total. The number of carbonyl (C=O) groups excluding carboxylic acids is 2. The van der Waals surface area contributed by atoms with E-state index in [-0.39, 0.29) is 17.3 Å². The first-order valence-electron chi connectivity index (χ1n) is 13.3. The lowest BCUT2D eigenvalue weighted by Gasteiger charge is -2.35. The van der Waals surface area contributed by atoms with Crippen molar-refractivity contribution in [2.24, 2.45) is 0 Å². The zero-order valence-corrected chi connectivity index (χ0v) is 25.3. The average Bonchev–Trinajstić information content (AvgIpc) is 2.89. The Kier molecular flexibility index (Phi) is 10.4. The second-order valence-corrected chi connectivity index (χ2v) is 13.0. The third kappa shape index (κ3) is 8.08. The van der Waals surface area contributed by atoms with Crippen molar-refractivity contribution in [2.75, 3.05) is 17.4 Å². The molecule has 7 nitrogen and oxygen atoms in total. The minimum atomic E-state index is -4.14. The van der Waals surface area contributed by atoms with Gasteiger partial charge < -0.3 is 10.2 Å². The van der Waals surface area contributed by atoms with Gasteiger partial charge in [-0.05, 0) is 82.0 Å². The summed E-state index contributed by atoms with van der Waals surface area (Å²) < 4.78 is 29.0. The van der Waals surface area contributed by atoms with Gasteiger partial charge in [0.05, 0.1) is 10.6 Å². The number of nitrogens with zero attached hydrogens (tertiary/aromatic N) is 2. The Morgan fingerprint density at radius 2 is 1.52 bits per heavy atom. The maximum absolute atomic E-state index is 14.1. The number of aryl methyl sites for hydroxylation is 1. The number of nitrogens with one attached hydrogen (secondary N) is 1. The van der Waals surface area contributed by atoms with Crippen molar-refractivity contribution < 1.29 is 18.0 Å². The molecule has 40 heavy (non-hydrogen) atoms. The van der Waals surface area contributed by atoms with Crippen LogP contribution in [0, 0.1) is 6.92 Å². The predicted octanol–water partition coefficient (Wildman–Crippen LogP) is 5.61. The first-order valence-corrected chi connectivity index (χ1v) is 15.1. The van der Waals surface area contributed by atoms with E-state index in [0.717, 1.165) is 9.87 Å². The lowest BCUT2D eigenvalue weighted by Crippen LogP contribution is -2.56. The van der Waals surface area contributed by atoms with Crippen LogP contribution in [0.5, 0.6) is 0 Å². The van der Waals surface area contributed by atoms with Crippen LogP contribution in [-0.2, 0) is 26.0 Å². The van der Waals surface area contributed by atoms with E-state index in [1.54, 1.807) is 25.1 Å². The zero-order valence-electron chi connectivity index (χ0n) is 23.7. The standard InChI is InChI=1S/C31H38ClN3O4S/c1-6-27(30(37)33-31(3,4)5)34(21-20-24-13-8-7-9-14-24)29(36)22-35(28-15-11-10-12-23(28)2)40(38,39)26-18-16-25(32)17-19-26/h7-19,27H,6,20-22H2,1-5H3,(H,33,37). The highest BCUT2D eigenvalue weighted by atomic mass is 35.5. The molecule has 3 aromatic carbocycles. The van der Waals surface area contributed by atoms with Crippen LogP contribution < -0.4 is 9.62 Å². The number of amides is 2. The fourth-order valence-electron chi connectivity index (χ4n) is 4.44. The monoisotopic (exact) mass is 583 g/mol. The lowest BCUT2D eigenvalue weighted by molar-refractivity contribution is -0.140. The summed E-state index contributed by atoms with van der Waals surface area (Å²) in [6, 6.07) is 21.8. The van der Waals surface area contributed by atoms with Gasteiger partial charge in [-0.2, -0.15) is 0 Å². The lowest BCUT2D eigenvalue weighted by atomic mass is 10.1. The van der Waals surface area contributed by atoms with Gasteiger partial charge in [-0.3, -0.25) is 13.9 Å². The van der Waals surface area contributed by atoms with Crippen molar-refractivity contribution in [3.05, 3.63) is 95.0 Å². The Balaban J connectivity index is 2.03. The molecule has 0 saturated carbocycles. The smallest absolute Gasteiger partial charge is 0.264 e. The first-order chi connectivity index (χ1) is 18.8. The van der Waals surface area contributed by atoms with Gasteiger partial charge in [-0.1, -0.05) is 67.1 Å². The molecule has 0 aromatic heterocycles. The van der Waals surface area contributed by atoms with Crippen molar-refractivity contribution in [3.8, 4) is 0 Å². The molecular formula is C31H38ClN3O4S. The van der Waals surface area contributed by atoms with Gasteiger partial charge in [0, 0.05) is 17.1 Å². The summed E-state index contributed by atoms with van der Waals surface area (Å²) in [6.07, 6.45) is 0.886. The molecule has 0 spiro atoms. The number of hydrogen-bond acceptors (Lipinski definition) is 4. The molecule has 3 rings (SSSR count). The number of hydrogen-bond donors (Lipinski definition) is 1. The van der Waals surface area contributed by atoms with E-state index in [0.29, 0.717) is 29.1 Å². The summed E-state index contributed by atoms with van der Waals surface area (Å²) in [6.45, 7) is 9.07. The Bertz CT molecular complexity index is 1400. The van der Waals surface area contributed by atoms with E-state index in [9.17, 15) is 18.0 Å². The van der Waals surface area contributed by atoms with Crippen LogP contribution in [0.25, 0.3) is 0 Å². The van der Waals surface area contributed by atoms with Crippen LogP contribution in [0.1, 0.15) is 45.2 Å². The van der Waals surface area contributed by atoms with E-state index in [4.69, 9.17) is 11.6 Å². The van der Waals surface area contributed by atoms with Gasteiger partial charge in [0.2, 0.25) is 11.8 Å². The van der Waals surface area contributed by atoms with Gasteiger partial charge in [-0.15, -0.1) is 0 Å². The van der Waals surface area contributed by atoms with Crippen molar-refractivity contribution in [1.82, 2.24) is 10.2 Å². The minimum Gasteiger partial charge on any atom is -0.350 e. The second-order valence-electron chi connectivity index (χ2n) is 10.7. The Labute approximate surface area is 243 Å². The molecule has 0 saturated heterocycles. The van der Waals surface area contributed by atoms with E-state index in [1.165, 1.54) is 29.2 Å². The van der Waals surface area contributed by atoms with Crippen LogP contribution in [0.4, 0.5) is 5.69 Å². The molecule has 2 amide bonds. The van der Waals surface area contributed by atoms with Crippen LogP contribution in [0.15, 0.2) is 83.8 Å². The zero-order chi connectivity index (χ0) is 29.5. The Morgan fingerprint density at radius 1 is 0.925 bits per heavy atom. The van der Waals surface area contributed by atoms with Crippen LogP contribution >= 0.6 is 11.6 Å². The molecule has 0 bridgehead atoms. The molecule has 0 aliphatic heterocycles. The summed E-state index contributed by atoms with van der Waals surface area (Å²) in [5, 5.41) is 3.38. The molecule has 3 aromatic rings. The van der Waals surface area contributed by atoms with E-state index in [1.807, 2.05) is 64.1 Å². The van der Waals surface area contributed by atoms with E-state index >= 15 is 0 Å². The molecular weight excluding hydrogens is 546 g/mol. The normalized spacial score (nSPS) is 12.4. The summed E-state index contributed by atoms with van der Waals surface area (Å²) >= 11 is 6.01. The Morgan fingerprint density at radius 3 is 2.10 bits per heavy atom. The predicted molar refractivity (Wildman–Crippen MR) is 161 cm³/mol. The Hall–Kier alpha value is -3.36. The maximum atomic E-state index is 14.1. The molecule has 0 heterocycles. The fourth-order valence-corrected chi connectivity index (χ4v) is 6.04. The highest BCUT2D eigenvalue weighted by Crippen LogP contribution is 2.28. The van der Waals surface area contributed by atoms with Gasteiger partial charge in [0.1, 0.15) is 12.6 Å². The third-order valence-corrected chi connectivity index (χ3v) is 8.46. The number of rotatable bonds is 11. The number of halogens is 1. The van der Waals surface area contributed by atoms with Crippen molar-refractivity contribution in [2.45, 2.75) is 63.9 Å². The summed E-state index contributed by atoms with van der Waals surface area (Å²) in [5.41, 5.74) is 1.60. The largest absolute Gasteiger partial charge is 0.350 e. The molecule has 1 unspecified atom stereocenters. The van der Waals surface area contributed by atoms with Gasteiger partial charge in [-0.25, -0.2) is 8.42 Å². The topological polar surface area (TPSA) is 86.8 Å². The average molecular weight is 584 g/mol. The molecule has 0 aliphatic carbocycles. The van der Waals surface area contributed by atoms with Gasteiger partial charge >= 0.3 is 0 Å². The van der Waals surface area contributed by atoms with Gasteiger partial charge in [0.25, 0.3) is 10.0 Å². The third-order valence-electron chi connectivity index (χ3n) is 6.43. The highest BCUT2D eigenvalue weighted by Gasteiger charge is 2.34. The SMILES string of the molecule is CCC(C(=O)NC(C)(C)C)N(CCc1ccccc1)C(=O)CN(c1ccccc1C)S(=O)(=O)c1ccc(Cl)cc1. The molecule has 0 aliphatic rings. The molecule has 214 valence electrons. The van der Waals surface area contributed by atoms with E-state index < -0.39 is 34.1 Å². The number of sulfonamides is 1. The summed E-state index contributed by atoms with van der Waals surface area (Å²) in [7, 11) is -4.14. The van der Waals surface area contributed by atoms with Crippen molar-refractivity contribution in [1.29, 1.82) is 0 Å². The molecule has 1 atom stereocenters. The molecule has 0 radical (unpaired) electrons. The number of anilines is 1. The van der Waals surface area contributed by atoms with Crippen molar-refractivity contribution in [3.63, 3.8) is 0 Å². The van der Waals surface area contributed by atoms with Crippen LogP contribution in [-0.4, -0.2) is 49.8 Å². The molecule has 9 heteroatoms. The minimum absolute atomic E-state index is 0.0151. The van der Waals surface area contributed by atoms with Crippen molar-refractivity contribution >= 4 is 39.1 Å². The summed E-state index contributed by atoms with van der Waals surface area (Å²) in [4.78, 5) is 29.0. The summed E-state index contributed by atoms with van der Waals surface area (Å²) in [5.74, 6) is -0.743. The highest BCUT2D eigenvalue weighted by molar-refractivity contribution is 7.92. The number of benzene rings is 3. The van der Waals surface area contributed by atoms with Crippen LogP contribution in [0.2, 0.25) is 5.02 Å². The van der Waals surface area contributed by atoms with E-state index in [2.05, 4.69) is 5.32 Å².